The first-order valence-electron chi connectivity index (χ1n) is 6.89. The molecule has 2 N–H and O–H groups in total. The largest absolute Gasteiger partial charge is 0.491 e. The zero-order chi connectivity index (χ0) is 13.2. The van der Waals surface area contributed by atoms with Crippen molar-refractivity contribution >= 4 is 0 Å². The van der Waals surface area contributed by atoms with E-state index < -0.39 is 0 Å². The third kappa shape index (κ3) is 6.62. The maximum Gasteiger partial charge on any atom is 0.119 e. The van der Waals surface area contributed by atoms with Gasteiger partial charge in [-0.05, 0) is 51.1 Å². The van der Waals surface area contributed by atoms with Crippen LogP contribution in [0.3, 0.4) is 0 Å². The van der Waals surface area contributed by atoms with Gasteiger partial charge in [0.1, 0.15) is 5.75 Å². The summed E-state index contributed by atoms with van der Waals surface area (Å²) < 4.78 is 5.62. The molecule has 0 fully saturated rings. The van der Waals surface area contributed by atoms with E-state index in [-0.39, 0.29) is 6.10 Å². The van der Waals surface area contributed by atoms with Crippen LogP contribution in [0.2, 0.25) is 0 Å². The maximum atomic E-state index is 5.62. The topological polar surface area (TPSA) is 33.3 Å². The summed E-state index contributed by atoms with van der Waals surface area (Å²) in [5.41, 5.74) is 1.35. The van der Waals surface area contributed by atoms with E-state index in [9.17, 15) is 0 Å². The molecule has 0 heterocycles. The Morgan fingerprint density at radius 1 is 1.00 bits per heavy atom. The molecule has 0 aliphatic heterocycles. The van der Waals surface area contributed by atoms with Crippen molar-refractivity contribution in [1.29, 1.82) is 0 Å². The van der Waals surface area contributed by atoms with E-state index in [0.29, 0.717) is 0 Å². The van der Waals surface area contributed by atoms with Crippen molar-refractivity contribution < 1.29 is 4.74 Å². The van der Waals surface area contributed by atoms with Gasteiger partial charge in [-0.3, -0.25) is 0 Å². The molecule has 0 saturated carbocycles. The highest BCUT2D eigenvalue weighted by molar-refractivity contribution is 5.27. The average molecular weight is 250 g/mol. The van der Waals surface area contributed by atoms with E-state index in [1.807, 2.05) is 26.0 Å². The third-order valence-corrected chi connectivity index (χ3v) is 2.61. The van der Waals surface area contributed by atoms with E-state index in [0.717, 1.165) is 38.3 Å². The molecule has 0 radical (unpaired) electrons. The summed E-state index contributed by atoms with van der Waals surface area (Å²) in [4.78, 5) is 0. The predicted octanol–water partition coefficient (Wildman–Crippen LogP) is 2.22. The quantitative estimate of drug-likeness (QED) is 0.659. The number of likely N-dealkylation sites (N-methyl/N-ethyl adjacent to an activating group) is 1. The highest BCUT2D eigenvalue weighted by Crippen LogP contribution is 2.13. The summed E-state index contributed by atoms with van der Waals surface area (Å²) in [6.07, 6.45) is 1.30. The van der Waals surface area contributed by atoms with Gasteiger partial charge < -0.3 is 15.4 Å². The predicted molar refractivity (Wildman–Crippen MR) is 77.3 cm³/mol. The molecule has 0 aliphatic carbocycles. The fourth-order valence-electron chi connectivity index (χ4n) is 1.72. The standard InChI is InChI=1S/C15H26N2O/c1-4-16-11-12-17-10-9-14-5-7-15(8-6-14)18-13(2)3/h5-8,13,16-17H,4,9-12H2,1-3H3. The van der Waals surface area contributed by atoms with Crippen molar-refractivity contribution in [3.8, 4) is 5.75 Å². The van der Waals surface area contributed by atoms with Gasteiger partial charge in [0.05, 0.1) is 6.10 Å². The van der Waals surface area contributed by atoms with Crippen molar-refractivity contribution in [2.45, 2.75) is 33.3 Å². The van der Waals surface area contributed by atoms with Crippen molar-refractivity contribution in [3.63, 3.8) is 0 Å². The van der Waals surface area contributed by atoms with Crippen molar-refractivity contribution in [1.82, 2.24) is 10.6 Å². The van der Waals surface area contributed by atoms with Gasteiger partial charge >= 0.3 is 0 Å². The van der Waals surface area contributed by atoms with Crippen molar-refractivity contribution in [2.24, 2.45) is 0 Å². The lowest BCUT2D eigenvalue weighted by Crippen LogP contribution is -2.28. The first-order valence-corrected chi connectivity index (χ1v) is 6.89. The Balaban J connectivity index is 2.18. The summed E-state index contributed by atoms with van der Waals surface area (Å²) in [5, 5.41) is 6.72. The number of hydrogen-bond acceptors (Lipinski definition) is 3. The van der Waals surface area contributed by atoms with E-state index in [2.05, 4.69) is 29.7 Å². The lowest BCUT2D eigenvalue weighted by Gasteiger charge is -2.10. The molecular weight excluding hydrogens is 224 g/mol. The first-order chi connectivity index (χ1) is 8.72. The molecule has 0 aliphatic rings. The average Bonchev–Trinajstić information content (AvgIpc) is 2.35. The van der Waals surface area contributed by atoms with Crippen LogP contribution in [0.1, 0.15) is 26.3 Å². The molecule has 0 unspecified atom stereocenters. The molecule has 0 spiro atoms. The summed E-state index contributed by atoms with van der Waals surface area (Å²) in [6, 6.07) is 8.38. The lowest BCUT2D eigenvalue weighted by atomic mass is 10.1. The molecule has 3 heteroatoms. The van der Waals surface area contributed by atoms with Crippen molar-refractivity contribution in [3.05, 3.63) is 29.8 Å². The normalized spacial score (nSPS) is 10.9. The molecule has 18 heavy (non-hydrogen) atoms. The lowest BCUT2D eigenvalue weighted by molar-refractivity contribution is 0.242. The minimum Gasteiger partial charge on any atom is -0.491 e. The number of ether oxygens (including phenoxy) is 1. The minimum absolute atomic E-state index is 0.239. The Morgan fingerprint density at radius 3 is 2.28 bits per heavy atom. The molecule has 0 saturated heterocycles. The summed E-state index contributed by atoms with van der Waals surface area (Å²) >= 11 is 0. The van der Waals surface area contributed by atoms with Gasteiger partial charge in [0.25, 0.3) is 0 Å². The van der Waals surface area contributed by atoms with E-state index in [1.165, 1.54) is 5.56 Å². The fourth-order valence-corrected chi connectivity index (χ4v) is 1.72. The van der Waals surface area contributed by atoms with Crippen LogP contribution in [-0.4, -0.2) is 32.3 Å². The molecular formula is C15H26N2O. The molecule has 1 rings (SSSR count). The Hall–Kier alpha value is -1.06. The molecule has 0 atom stereocenters. The van der Waals surface area contributed by atoms with Crippen LogP contribution >= 0.6 is 0 Å². The molecule has 0 amide bonds. The second-order valence-corrected chi connectivity index (χ2v) is 4.66. The molecule has 3 nitrogen and oxygen atoms in total. The van der Waals surface area contributed by atoms with Gasteiger partial charge in [-0.2, -0.15) is 0 Å². The van der Waals surface area contributed by atoms with E-state index >= 15 is 0 Å². The minimum atomic E-state index is 0.239. The Labute approximate surface area is 111 Å². The first kappa shape index (κ1) is 15.0. The van der Waals surface area contributed by atoms with E-state index in [4.69, 9.17) is 4.74 Å². The molecule has 1 aromatic rings. The smallest absolute Gasteiger partial charge is 0.119 e. The second kappa shape index (κ2) is 8.95. The van der Waals surface area contributed by atoms with Gasteiger partial charge in [-0.25, -0.2) is 0 Å². The van der Waals surface area contributed by atoms with Crippen LogP contribution in [0.15, 0.2) is 24.3 Å². The Kier molecular flexibility index (Phi) is 7.46. The third-order valence-electron chi connectivity index (χ3n) is 2.61. The number of rotatable bonds is 9. The number of benzene rings is 1. The highest BCUT2D eigenvalue weighted by atomic mass is 16.5. The molecule has 0 aromatic heterocycles. The summed E-state index contributed by atoms with van der Waals surface area (Å²) in [6.45, 7) is 10.3. The van der Waals surface area contributed by atoms with Crippen LogP contribution in [0.25, 0.3) is 0 Å². The fraction of sp³-hybridized carbons (Fsp3) is 0.600. The number of nitrogens with one attached hydrogen (secondary N) is 2. The van der Waals surface area contributed by atoms with Crippen LogP contribution in [0.4, 0.5) is 0 Å². The molecule has 1 aromatic carbocycles. The zero-order valence-electron chi connectivity index (χ0n) is 11.8. The van der Waals surface area contributed by atoms with Crippen LogP contribution in [0, 0.1) is 0 Å². The monoisotopic (exact) mass is 250 g/mol. The highest BCUT2D eigenvalue weighted by Gasteiger charge is 1.98. The van der Waals surface area contributed by atoms with Gasteiger partial charge in [0.2, 0.25) is 0 Å². The van der Waals surface area contributed by atoms with Gasteiger partial charge in [0, 0.05) is 13.1 Å². The zero-order valence-corrected chi connectivity index (χ0v) is 11.8. The SMILES string of the molecule is CCNCCNCCc1ccc(OC(C)C)cc1. The van der Waals surface area contributed by atoms with Gasteiger partial charge in [-0.15, -0.1) is 0 Å². The van der Waals surface area contributed by atoms with Crippen LogP contribution in [0.5, 0.6) is 5.75 Å². The van der Waals surface area contributed by atoms with Crippen molar-refractivity contribution in [2.75, 3.05) is 26.2 Å². The Morgan fingerprint density at radius 2 is 1.67 bits per heavy atom. The van der Waals surface area contributed by atoms with Crippen LogP contribution < -0.4 is 15.4 Å². The number of hydrogen-bond donors (Lipinski definition) is 2. The Bertz CT molecular complexity index is 309. The van der Waals surface area contributed by atoms with Gasteiger partial charge in [-0.1, -0.05) is 19.1 Å². The molecule has 102 valence electrons. The van der Waals surface area contributed by atoms with Gasteiger partial charge in [0.15, 0.2) is 0 Å². The summed E-state index contributed by atoms with van der Waals surface area (Å²) in [7, 11) is 0. The summed E-state index contributed by atoms with van der Waals surface area (Å²) in [5.74, 6) is 0.953. The molecule has 0 bridgehead atoms. The maximum absolute atomic E-state index is 5.62. The second-order valence-electron chi connectivity index (χ2n) is 4.66. The van der Waals surface area contributed by atoms with Crippen LogP contribution in [-0.2, 0) is 6.42 Å². The van der Waals surface area contributed by atoms with E-state index in [1.54, 1.807) is 0 Å².